The second-order valence-electron chi connectivity index (χ2n) is 10.1. The quantitative estimate of drug-likeness (QED) is 0.209. The first-order valence-electron chi connectivity index (χ1n) is 12.7. The number of ether oxygens (including phenoxy) is 3. The fraction of sp³-hybridized carbons (Fsp3) is 0.448. The van der Waals surface area contributed by atoms with Gasteiger partial charge in [-0.2, -0.15) is 0 Å². The normalized spacial score (nSPS) is 22.6. The van der Waals surface area contributed by atoms with Gasteiger partial charge in [0, 0.05) is 45.0 Å². The third-order valence-electron chi connectivity index (χ3n) is 7.17. The zero-order chi connectivity index (χ0) is 27.5. The van der Waals surface area contributed by atoms with Crippen LogP contribution in [0.4, 0.5) is 0 Å². The summed E-state index contributed by atoms with van der Waals surface area (Å²) in [5.74, 6) is 0.412. The molecule has 204 valence electrons. The highest BCUT2D eigenvalue weighted by molar-refractivity contribution is 7.53. The number of hydrogen-bond acceptors (Lipinski definition) is 8. The first-order valence-corrected chi connectivity index (χ1v) is 14.4. The molecule has 2 aliphatic rings. The van der Waals surface area contributed by atoms with Crippen molar-refractivity contribution in [2.45, 2.75) is 57.3 Å². The predicted molar refractivity (Wildman–Crippen MR) is 143 cm³/mol. The number of hydrogen-bond donors (Lipinski definition) is 0. The lowest BCUT2D eigenvalue weighted by atomic mass is 9.86. The van der Waals surface area contributed by atoms with Gasteiger partial charge in [-0.05, 0) is 44.0 Å². The van der Waals surface area contributed by atoms with E-state index in [0.717, 1.165) is 16.9 Å². The van der Waals surface area contributed by atoms with Crippen LogP contribution in [0.15, 0.2) is 60.7 Å². The summed E-state index contributed by atoms with van der Waals surface area (Å²) in [7, 11) is -0.420. The molecule has 1 aliphatic carbocycles. The number of fused-ring (bicyclic) bond motifs is 3. The first kappa shape index (κ1) is 28.1. The number of rotatable bonds is 11. The smallest absolute Gasteiger partial charge is 0.330 e. The van der Waals surface area contributed by atoms with Gasteiger partial charge in [-0.15, -0.1) is 0 Å². The molecule has 0 aromatic heterocycles. The van der Waals surface area contributed by atoms with Crippen LogP contribution < -0.4 is 9.47 Å². The summed E-state index contributed by atoms with van der Waals surface area (Å²) in [6, 6.07) is 15.1. The Morgan fingerprint density at radius 1 is 1.08 bits per heavy atom. The van der Waals surface area contributed by atoms with Crippen molar-refractivity contribution in [3.8, 4) is 11.5 Å². The van der Waals surface area contributed by atoms with Gasteiger partial charge in [-0.3, -0.25) is 14.2 Å². The van der Waals surface area contributed by atoms with Gasteiger partial charge in [-0.1, -0.05) is 42.5 Å². The van der Waals surface area contributed by atoms with E-state index < -0.39 is 19.3 Å². The number of carbonyl (C=O) groups is 2. The van der Waals surface area contributed by atoms with Crippen molar-refractivity contribution >= 4 is 19.3 Å². The highest BCUT2D eigenvalue weighted by Gasteiger charge is 2.51. The number of benzene rings is 2. The minimum Gasteiger partial charge on any atom is -0.489 e. The van der Waals surface area contributed by atoms with Crippen LogP contribution in [0.5, 0.6) is 11.5 Å². The molecule has 0 spiro atoms. The van der Waals surface area contributed by atoms with Crippen molar-refractivity contribution in [2.75, 3.05) is 20.4 Å². The molecule has 1 heterocycles. The van der Waals surface area contributed by atoms with Gasteiger partial charge in [0.25, 0.3) is 0 Å². The maximum atomic E-state index is 13.2. The topological polar surface area (TPSA) is 97.4 Å². The standard InChI is InChI=1S/C29H35O8P/c1-19(30)35-24-18-25-27(22(24)14-15-26(31)29(2,3)37-21-11-7-6-8-12-21)23-13-9-10-20(28(23)36-25)16-17-38(32,33-4)34-5/h6-15,22,24-25,27H,16-18H2,1-5H3/b15-14+/t22-,24+,25-,27-/m0/s1. The van der Waals surface area contributed by atoms with Gasteiger partial charge in [0.05, 0.1) is 6.16 Å². The van der Waals surface area contributed by atoms with Crippen molar-refractivity contribution in [3.05, 3.63) is 71.8 Å². The number of esters is 1. The lowest BCUT2D eigenvalue weighted by Crippen LogP contribution is -2.37. The van der Waals surface area contributed by atoms with Crippen molar-refractivity contribution in [2.24, 2.45) is 5.92 Å². The molecule has 0 saturated heterocycles. The molecule has 0 radical (unpaired) electrons. The molecule has 0 bridgehead atoms. The summed E-state index contributed by atoms with van der Waals surface area (Å²) in [6.45, 7) is 4.84. The summed E-state index contributed by atoms with van der Waals surface area (Å²) in [5.41, 5.74) is 0.806. The molecule has 1 aliphatic heterocycles. The monoisotopic (exact) mass is 542 g/mol. The molecular weight excluding hydrogens is 507 g/mol. The minimum absolute atomic E-state index is 0.104. The van der Waals surface area contributed by atoms with Crippen molar-refractivity contribution in [3.63, 3.8) is 0 Å². The molecule has 1 fully saturated rings. The summed E-state index contributed by atoms with van der Waals surface area (Å²) in [5, 5.41) is 0. The van der Waals surface area contributed by atoms with Gasteiger partial charge < -0.3 is 23.3 Å². The lowest BCUT2D eigenvalue weighted by Gasteiger charge is -2.24. The van der Waals surface area contributed by atoms with Crippen LogP contribution in [-0.4, -0.2) is 49.9 Å². The highest BCUT2D eigenvalue weighted by atomic mass is 31.2. The van der Waals surface area contributed by atoms with E-state index in [9.17, 15) is 14.2 Å². The van der Waals surface area contributed by atoms with Crippen LogP contribution >= 0.6 is 7.60 Å². The van der Waals surface area contributed by atoms with Crippen LogP contribution in [-0.2, 0) is 34.4 Å². The molecule has 1 saturated carbocycles. The van der Waals surface area contributed by atoms with E-state index in [1.165, 1.54) is 27.2 Å². The first-order chi connectivity index (χ1) is 18.1. The Balaban J connectivity index is 1.58. The molecule has 8 nitrogen and oxygen atoms in total. The van der Waals surface area contributed by atoms with Crippen LogP contribution in [0.2, 0.25) is 0 Å². The Morgan fingerprint density at radius 2 is 1.79 bits per heavy atom. The molecule has 2 aromatic carbocycles. The van der Waals surface area contributed by atoms with Gasteiger partial charge in [-0.25, -0.2) is 0 Å². The third kappa shape index (κ3) is 6.04. The molecule has 38 heavy (non-hydrogen) atoms. The second kappa shape index (κ2) is 11.4. The summed E-state index contributed by atoms with van der Waals surface area (Å²) >= 11 is 0. The third-order valence-corrected chi connectivity index (χ3v) is 9.06. The van der Waals surface area contributed by atoms with Crippen LogP contribution in [0.1, 0.15) is 44.2 Å². The maximum Gasteiger partial charge on any atom is 0.330 e. The van der Waals surface area contributed by atoms with E-state index in [1.54, 1.807) is 26.0 Å². The zero-order valence-corrected chi connectivity index (χ0v) is 23.3. The SMILES string of the molecule is COP(=O)(CCc1cccc2c1O[C@H]1C[C@@H](OC(C)=O)[C@H](/C=C/C(=O)C(C)(C)Oc3ccccc3)[C@@H]21)OC. The highest BCUT2D eigenvalue weighted by Crippen LogP contribution is 2.54. The minimum atomic E-state index is -3.17. The fourth-order valence-electron chi connectivity index (χ4n) is 5.23. The molecule has 2 aromatic rings. The largest absolute Gasteiger partial charge is 0.489 e. The Morgan fingerprint density at radius 3 is 2.45 bits per heavy atom. The summed E-state index contributed by atoms with van der Waals surface area (Å²) in [6.07, 6.45) is 3.89. The Hall–Kier alpha value is -2.93. The van der Waals surface area contributed by atoms with Gasteiger partial charge >= 0.3 is 13.6 Å². The van der Waals surface area contributed by atoms with Crippen molar-refractivity contribution in [1.29, 1.82) is 0 Å². The van der Waals surface area contributed by atoms with Crippen LogP contribution in [0, 0.1) is 5.92 Å². The lowest BCUT2D eigenvalue weighted by molar-refractivity contribution is -0.147. The molecule has 4 rings (SSSR count). The predicted octanol–water partition coefficient (Wildman–Crippen LogP) is 5.49. The summed E-state index contributed by atoms with van der Waals surface area (Å²) in [4.78, 5) is 25.1. The number of para-hydroxylation sites is 2. The van der Waals surface area contributed by atoms with Gasteiger partial charge in [0.1, 0.15) is 23.7 Å². The molecular formula is C29H35O8P. The average molecular weight is 543 g/mol. The zero-order valence-electron chi connectivity index (χ0n) is 22.4. The van der Waals surface area contributed by atoms with Crippen LogP contribution in [0.25, 0.3) is 0 Å². The van der Waals surface area contributed by atoms with E-state index in [0.29, 0.717) is 18.6 Å². The average Bonchev–Trinajstić information content (AvgIpc) is 3.41. The van der Waals surface area contributed by atoms with Crippen molar-refractivity contribution in [1.82, 2.24) is 0 Å². The Labute approximate surface area is 223 Å². The number of carbonyl (C=O) groups excluding carboxylic acids is 2. The molecule has 9 heteroatoms. The Kier molecular flexibility index (Phi) is 8.46. The molecule has 0 unspecified atom stereocenters. The van der Waals surface area contributed by atoms with E-state index in [1.807, 2.05) is 42.5 Å². The molecule has 0 amide bonds. The second-order valence-corrected chi connectivity index (χ2v) is 12.5. The van der Waals surface area contributed by atoms with Gasteiger partial charge in [0.2, 0.25) is 0 Å². The van der Waals surface area contributed by atoms with E-state index in [4.69, 9.17) is 23.3 Å². The fourth-order valence-corrected chi connectivity index (χ4v) is 6.26. The molecule has 0 N–H and O–H groups in total. The van der Waals surface area contributed by atoms with Crippen LogP contribution in [0.3, 0.4) is 0 Å². The molecule has 4 atom stereocenters. The number of ketones is 1. The van der Waals surface area contributed by atoms with Crippen molar-refractivity contribution < 1.29 is 37.4 Å². The Bertz CT molecular complexity index is 1230. The summed E-state index contributed by atoms with van der Waals surface area (Å²) < 4.78 is 40.7. The number of aryl methyl sites for hydroxylation is 1. The maximum absolute atomic E-state index is 13.2. The van der Waals surface area contributed by atoms with E-state index in [2.05, 4.69) is 0 Å². The van der Waals surface area contributed by atoms with E-state index >= 15 is 0 Å². The van der Waals surface area contributed by atoms with E-state index in [-0.39, 0.29) is 35.9 Å². The van der Waals surface area contributed by atoms with Gasteiger partial charge in [0.15, 0.2) is 11.4 Å².